The van der Waals surface area contributed by atoms with E-state index in [2.05, 4.69) is 9.38 Å². The average Bonchev–Trinajstić information content (AvgIpc) is 2.73. The Balaban J connectivity index is 1.96. The van der Waals surface area contributed by atoms with E-state index in [1.807, 2.05) is 30.1 Å². The van der Waals surface area contributed by atoms with Gasteiger partial charge in [-0.3, -0.25) is 4.98 Å². The van der Waals surface area contributed by atoms with Crippen LogP contribution < -0.4 is 0 Å². The van der Waals surface area contributed by atoms with Crippen LogP contribution in [0.2, 0.25) is 0 Å². The van der Waals surface area contributed by atoms with Gasteiger partial charge in [0.15, 0.2) is 5.84 Å². The fourth-order valence-corrected chi connectivity index (χ4v) is 3.45. The van der Waals surface area contributed by atoms with Crippen molar-refractivity contribution in [3.05, 3.63) is 59.9 Å². The molecule has 2 aromatic rings. The molecule has 102 valence electrons. The summed E-state index contributed by atoms with van der Waals surface area (Å²) in [6, 6.07) is 10.7. The first kappa shape index (κ1) is 12.8. The topological polar surface area (TPSA) is 62.6 Å². The van der Waals surface area contributed by atoms with Crippen molar-refractivity contribution in [3.63, 3.8) is 0 Å². The number of rotatable bonds is 2. The maximum absolute atomic E-state index is 12.0. The van der Waals surface area contributed by atoms with E-state index in [-0.39, 0.29) is 4.90 Å². The van der Waals surface area contributed by atoms with Gasteiger partial charge in [0.25, 0.3) is 10.0 Å². The highest BCUT2D eigenvalue weighted by molar-refractivity contribution is 7.90. The van der Waals surface area contributed by atoms with E-state index < -0.39 is 10.0 Å². The maximum Gasteiger partial charge on any atom is 0.285 e. The molecule has 1 aliphatic rings. The number of sulfonamides is 1. The average molecular weight is 287 g/mol. The van der Waals surface area contributed by atoms with Crippen molar-refractivity contribution in [1.82, 2.24) is 9.88 Å². The lowest BCUT2D eigenvalue weighted by atomic mass is 10.2. The van der Waals surface area contributed by atoms with E-state index in [9.17, 15) is 8.42 Å². The third kappa shape index (κ3) is 2.18. The highest BCUT2D eigenvalue weighted by atomic mass is 32.2. The van der Waals surface area contributed by atoms with Gasteiger partial charge in [-0.15, -0.1) is 4.40 Å². The van der Waals surface area contributed by atoms with E-state index in [0.717, 1.165) is 5.56 Å². The van der Waals surface area contributed by atoms with Crippen LogP contribution in [-0.2, 0) is 16.6 Å². The first-order valence-electron chi connectivity index (χ1n) is 6.12. The Labute approximate surface area is 117 Å². The molecule has 3 rings (SSSR count). The molecule has 0 bridgehead atoms. The summed E-state index contributed by atoms with van der Waals surface area (Å²) in [7, 11) is -1.73. The Bertz CT molecular complexity index is 770. The predicted octanol–water partition coefficient (Wildman–Crippen LogP) is 1.66. The van der Waals surface area contributed by atoms with E-state index in [1.54, 1.807) is 30.6 Å². The number of hydrogen-bond donors (Lipinski definition) is 0. The minimum Gasteiger partial charge on any atom is -0.354 e. The molecule has 0 atom stereocenters. The van der Waals surface area contributed by atoms with Gasteiger partial charge in [0.05, 0.1) is 0 Å². The molecule has 1 aromatic carbocycles. The van der Waals surface area contributed by atoms with Crippen LogP contribution in [0, 0.1) is 0 Å². The number of hydrogen-bond acceptors (Lipinski definition) is 4. The molecule has 0 saturated carbocycles. The second kappa shape index (κ2) is 4.72. The lowest BCUT2D eigenvalue weighted by molar-refractivity contribution is 0.502. The van der Waals surface area contributed by atoms with Gasteiger partial charge in [-0.05, 0) is 29.8 Å². The van der Waals surface area contributed by atoms with Crippen molar-refractivity contribution in [2.75, 3.05) is 7.05 Å². The first-order chi connectivity index (χ1) is 9.58. The summed E-state index contributed by atoms with van der Waals surface area (Å²) in [6.07, 6.45) is 3.43. The van der Waals surface area contributed by atoms with Crippen LogP contribution in [0.1, 0.15) is 11.1 Å². The first-order valence-corrected chi connectivity index (χ1v) is 7.56. The predicted molar refractivity (Wildman–Crippen MR) is 75.9 cm³/mol. The van der Waals surface area contributed by atoms with Gasteiger partial charge in [0.2, 0.25) is 0 Å². The molecule has 0 fully saturated rings. The highest BCUT2D eigenvalue weighted by Gasteiger charge is 2.30. The standard InChI is InChI=1S/C14H13N3O2S/c1-17(10-11-6-8-15-9-7-11)14-12-4-2-3-5-13(12)20(18,19)16-14/h2-9H,10H2,1H3. The van der Waals surface area contributed by atoms with Gasteiger partial charge in [-0.25, -0.2) is 0 Å². The van der Waals surface area contributed by atoms with Crippen LogP contribution in [0.3, 0.4) is 0 Å². The van der Waals surface area contributed by atoms with Crippen molar-refractivity contribution < 1.29 is 8.42 Å². The molecule has 0 unspecified atom stereocenters. The summed E-state index contributed by atoms with van der Waals surface area (Å²) in [5.41, 5.74) is 1.70. The minimum atomic E-state index is -3.56. The second-order valence-electron chi connectivity index (χ2n) is 4.60. The summed E-state index contributed by atoms with van der Waals surface area (Å²) in [5.74, 6) is 0.484. The van der Waals surface area contributed by atoms with Gasteiger partial charge in [0.1, 0.15) is 4.90 Å². The second-order valence-corrected chi connectivity index (χ2v) is 6.17. The molecule has 5 nitrogen and oxygen atoms in total. The van der Waals surface area contributed by atoms with Gasteiger partial charge >= 0.3 is 0 Å². The molecule has 0 spiro atoms. The summed E-state index contributed by atoms with van der Waals surface area (Å²) in [4.78, 5) is 6.07. The monoisotopic (exact) mass is 287 g/mol. The lowest BCUT2D eigenvalue weighted by Gasteiger charge is -2.18. The molecule has 20 heavy (non-hydrogen) atoms. The normalized spacial score (nSPS) is 15.6. The summed E-state index contributed by atoms with van der Waals surface area (Å²) >= 11 is 0. The van der Waals surface area contributed by atoms with E-state index in [4.69, 9.17) is 0 Å². The van der Waals surface area contributed by atoms with Crippen LogP contribution in [0.25, 0.3) is 0 Å². The zero-order valence-corrected chi connectivity index (χ0v) is 11.7. The fraction of sp³-hybridized carbons (Fsp3) is 0.143. The Kier molecular flexibility index (Phi) is 3.02. The molecule has 0 amide bonds. The van der Waals surface area contributed by atoms with E-state index in [1.165, 1.54) is 0 Å². The van der Waals surface area contributed by atoms with Crippen LogP contribution in [-0.4, -0.2) is 31.2 Å². The Morgan fingerprint density at radius 1 is 1.10 bits per heavy atom. The molecular formula is C14H13N3O2S. The number of benzene rings is 1. The zero-order valence-electron chi connectivity index (χ0n) is 10.9. The molecule has 0 N–H and O–H groups in total. The number of fused-ring (bicyclic) bond motifs is 1. The molecule has 1 aromatic heterocycles. The number of aromatic nitrogens is 1. The summed E-state index contributed by atoms with van der Waals surface area (Å²) in [5, 5.41) is 0. The third-order valence-electron chi connectivity index (χ3n) is 3.14. The molecule has 0 saturated heterocycles. The van der Waals surface area contributed by atoms with Crippen molar-refractivity contribution in [3.8, 4) is 0 Å². The largest absolute Gasteiger partial charge is 0.354 e. The van der Waals surface area contributed by atoms with Crippen LogP contribution in [0.4, 0.5) is 0 Å². The van der Waals surface area contributed by atoms with Crippen molar-refractivity contribution in [2.24, 2.45) is 4.40 Å². The smallest absolute Gasteiger partial charge is 0.285 e. The van der Waals surface area contributed by atoms with Crippen LogP contribution in [0.15, 0.2) is 58.1 Å². The number of nitrogens with zero attached hydrogens (tertiary/aromatic N) is 3. The van der Waals surface area contributed by atoms with E-state index >= 15 is 0 Å². The van der Waals surface area contributed by atoms with Gasteiger partial charge in [-0.2, -0.15) is 8.42 Å². The van der Waals surface area contributed by atoms with Gasteiger partial charge in [-0.1, -0.05) is 12.1 Å². The molecule has 6 heteroatoms. The Morgan fingerprint density at radius 3 is 2.55 bits per heavy atom. The molecule has 0 aliphatic carbocycles. The summed E-state index contributed by atoms with van der Waals surface area (Å²) in [6.45, 7) is 0.575. The fourth-order valence-electron chi connectivity index (χ4n) is 2.20. The van der Waals surface area contributed by atoms with Crippen LogP contribution in [0.5, 0.6) is 0 Å². The third-order valence-corrected chi connectivity index (χ3v) is 4.47. The highest BCUT2D eigenvalue weighted by Crippen LogP contribution is 2.27. The zero-order chi connectivity index (χ0) is 14.2. The lowest BCUT2D eigenvalue weighted by Crippen LogP contribution is -2.26. The number of pyridine rings is 1. The quantitative estimate of drug-likeness (QED) is 0.842. The summed E-state index contributed by atoms with van der Waals surface area (Å²) < 4.78 is 27.9. The van der Waals surface area contributed by atoms with Crippen molar-refractivity contribution >= 4 is 15.9 Å². The van der Waals surface area contributed by atoms with Gasteiger partial charge < -0.3 is 4.90 Å². The van der Waals surface area contributed by atoms with Crippen LogP contribution >= 0.6 is 0 Å². The number of amidine groups is 1. The molecule has 1 aliphatic heterocycles. The SMILES string of the molecule is CN(Cc1ccncc1)C1=NS(=O)(=O)c2ccccc21. The van der Waals surface area contributed by atoms with Crippen molar-refractivity contribution in [2.45, 2.75) is 11.4 Å². The molecule has 0 radical (unpaired) electrons. The Hall–Kier alpha value is -2.21. The molecular weight excluding hydrogens is 274 g/mol. The Morgan fingerprint density at radius 2 is 1.80 bits per heavy atom. The van der Waals surface area contributed by atoms with E-state index in [0.29, 0.717) is 17.9 Å². The maximum atomic E-state index is 12.0. The van der Waals surface area contributed by atoms with Crippen molar-refractivity contribution in [1.29, 1.82) is 0 Å². The van der Waals surface area contributed by atoms with Gasteiger partial charge in [0, 0.05) is 31.5 Å². The minimum absolute atomic E-state index is 0.275. The molecule has 2 heterocycles.